The van der Waals surface area contributed by atoms with Gasteiger partial charge in [-0.05, 0) is 38.2 Å². The minimum atomic E-state index is 0.427. The van der Waals surface area contributed by atoms with Gasteiger partial charge in [0.2, 0.25) is 5.96 Å². The van der Waals surface area contributed by atoms with E-state index in [1.54, 1.807) is 0 Å². The zero-order valence-corrected chi connectivity index (χ0v) is 9.73. The number of hydrazine groups is 1. The van der Waals surface area contributed by atoms with E-state index in [1.807, 2.05) is 11.8 Å². The molecule has 1 rings (SSSR count). The topological polar surface area (TPSA) is 62.4 Å². The molecule has 1 unspecified atom stereocenters. The summed E-state index contributed by atoms with van der Waals surface area (Å²) in [7, 11) is 0. The van der Waals surface area contributed by atoms with Crippen LogP contribution < -0.4 is 16.6 Å². The highest BCUT2D eigenvalue weighted by atomic mass is 32.2. The smallest absolute Gasteiger partial charge is 0.206 e. The summed E-state index contributed by atoms with van der Waals surface area (Å²) >= 11 is 1.86. The number of guanidine groups is 1. The molecule has 4 N–H and O–H groups in total. The largest absolute Gasteiger partial charge is 0.353 e. The number of nitrogens with zero attached hydrogens (tertiary/aromatic N) is 1. The van der Waals surface area contributed by atoms with Crippen LogP contribution >= 0.6 is 11.8 Å². The van der Waals surface area contributed by atoms with Gasteiger partial charge in [0, 0.05) is 6.04 Å². The summed E-state index contributed by atoms with van der Waals surface area (Å²) in [5, 5.41) is 3.27. The SMILES string of the molecule is CSCCC(C)NC(=NC1CC1)NN. The highest BCUT2D eigenvalue weighted by molar-refractivity contribution is 7.98. The van der Waals surface area contributed by atoms with Gasteiger partial charge in [0.25, 0.3) is 0 Å². The van der Waals surface area contributed by atoms with E-state index >= 15 is 0 Å². The molecule has 4 nitrogen and oxygen atoms in total. The molecule has 0 saturated heterocycles. The zero-order chi connectivity index (χ0) is 10.4. The van der Waals surface area contributed by atoms with E-state index in [-0.39, 0.29) is 0 Å². The highest BCUT2D eigenvalue weighted by Crippen LogP contribution is 2.23. The number of nitrogens with one attached hydrogen (secondary N) is 2. The molecule has 1 saturated carbocycles. The van der Waals surface area contributed by atoms with Gasteiger partial charge >= 0.3 is 0 Å². The first kappa shape index (κ1) is 11.7. The Morgan fingerprint density at radius 2 is 2.36 bits per heavy atom. The molecule has 0 radical (unpaired) electrons. The van der Waals surface area contributed by atoms with Gasteiger partial charge in [0.15, 0.2) is 0 Å². The molecule has 0 aromatic rings. The van der Waals surface area contributed by atoms with Gasteiger partial charge < -0.3 is 5.32 Å². The van der Waals surface area contributed by atoms with Crippen molar-refractivity contribution in [2.45, 2.75) is 38.3 Å². The number of nitrogens with two attached hydrogens (primary N) is 1. The van der Waals surface area contributed by atoms with Crippen LogP contribution in [0.3, 0.4) is 0 Å². The van der Waals surface area contributed by atoms with Gasteiger partial charge in [-0.3, -0.25) is 5.43 Å². The summed E-state index contributed by atoms with van der Waals surface area (Å²) in [6.45, 7) is 2.15. The molecule has 0 heterocycles. The first-order chi connectivity index (χ1) is 6.76. The summed E-state index contributed by atoms with van der Waals surface area (Å²) in [4.78, 5) is 4.42. The molecule has 0 aromatic carbocycles. The van der Waals surface area contributed by atoms with Gasteiger partial charge in [-0.25, -0.2) is 10.8 Å². The number of aliphatic imine (C=N–C) groups is 1. The maximum absolute atomic E-state index is 5.38. The van der Waals surface area contributed by atoms with Crippen molar-refractivity contribution in [3.63, 3.8) is 0 Å². The predicted molar refractivity (Wildman–Crippen MR) is 63.4 cm³/mol. The third kappa shape index (κ3) is 4.72. The Kier molecular flexibility index (Phi) is 5.11. The summed E-state index contributed by atoms with van der Waals surface area (Å²) in [6.07, 6.45) is 5.65. The lowest BCUT2D eigenvalue weighted by molar-refractivity contribution is 0.629. The Bertz CT molecular complexity index is 191. The Morgan fingerprint density at radius 1 is 1.64 bits per heavy atom. The Balaban J connectivity index is 2.24. The molecular weight excluding hydrogens is 196 g/mol. The third-order valence-corrected chi connectivity index (χ3v) is 2.78. The molecule has 82 valence electrons. The summed E-state index contributed by atoms with van der Waals surface area (Å²) < 4.78 is 0. The highest BCUT2D eigenvalue weighted by Gasteiger charge is 2.21. The summed E-state index contributed by atoms with van der Waals surface area (Å²) in [5.41, 5.74) is 2.61. The summed E-state index contributed by atoms with van der Waals surface area (Å²) in [6, 6.07) is 0.928. The average molecular weight is 216 g/mol. The van der Waals surface area contributed by atoms with Crippen molar-refractivity contribution >= 4 is 17.7 Å². The molecule has 1 atom stereocenters. The maximum atomic E-state index is 5.38. The van der Waals surface area contributed by atoms with Crippen molar-refractivity contribution in [3.05, 3.63) is 0 Å². The van der Waals surface area contributed by atoms with Crippen LogP contribution in [-0.4, -0.2) is 30.1 Å². The van der Waals surface area contributed by atoms with Crippen molar-refractivity contribution in [2.24, 2.45) is 10.8 Å². The molecule has 5 heteroatoms. The fourth-order valence-electron chi connectivity index (χ4n) is 1.10. The Labute approximate surface area is 90.1 Å². The first-order valence-electron chi connectivity index (χ1n) is 5.06. The molecule has 1 aliphatic rings. The van der Waals surface area contributed by atoms with E-state index in [0.29, 0.717) is 12.1 Å². The van der Waals surface area contributed by atoms with E-state index in [1.165, 1.54) is 12.8 Å². The zero-order valence-electron chi connectivity index (χ0n) is 8.92. The fourth-order valence-corrected chi connectivity index (χ4v) is 1.69. The normalized spacial score (nSPS) is 19.2. The molecule has 0 aromatic heterocycles. The minimum absolute atomic E-state index is 0.427. The fraction of sp³-hybridized carbons (Fsp3) is 0.889. The minimum Gasteiger partial charge on any atom is -0.353 e. The molecule has 0 bridgehead atoms. The van der Waals surface area contributed by atoms with Gasteiger partial charge in [-0.2, -0.15) is 11.8 Å². The van der Waals surface area contributed by atoms with Crippen LogP contribution in [0.2, 0.25) is 0 Å². The van der Waals surface area contributed by atoms with Gasteiger partial charge in [-0.15, -0.1) is 0 Å². The Morgan fingerprint density at radius 3 is 2.86 bits per heavy atom. The van der Waals surface area contributed by atoms with E-state index in [2.05, 4.69) is 28.9 Å². The maximum Gasteiger partial charge on any atom is 0.206 e. The van der Waals surface area contributed by atoms with Crippen molar-refractivity contribution in [3.8, 4) is 0 Å². The van der Waals surface area contributed by atoms with E-state index in [4.69, 9.17) is 5.84 Å². The average Bonchev–Trinajstić information content (AvgIpc) is 2.97. The monoisotopic (exact) mass is 216 g/mol. The quantitative estimate of drug-likeness (QED) is 0.274. The predicted octanol–water partition coefficient (Wildman–Crippen LogP) is 0.699. The van der Waals surface area contributed by atoms with Crippen LogP contribution in [0.4, 0.5) is 0 Å². The van der Waals surface area contributed by atoms with Crippen LogP contribution in [0.15, 0.2) is 4.99 Å². The van der Waals surface area contributed by atoms with Gasteiger partial charge in [0.1, 0.15) is 0 Å². The van der Waals surface area contributed by atoms with E-state index < -0.39 is 0 Å². The molecule has 1 aliphatic carbocycles. The van der Waals surface area contributed by atoms with E-state index in [0.717, 1.165) is 18.1 Å². The number of rotatable bonds is 5. The molecule has 0 aliphatic heterocycles. The van der Waals surface area contributed by atoms with Crippen LogP contribution in [-0.2, 0) is 0 Å². The van der Waals surface area contributed by atoms with Crippen molar-refractivity contribution < 1.29 is 0 Å². The molecule has 1 fully saturated rings. The lowest BCUT2D eigenvalue weighted by Gasteiger charge is -2.15. The summed E-state index contributed by atoms with van der Waals surface area (Å²) in [5.74, 6) is 7.28. The molecule has 14 heavy (non-hydrogen) atoms. The number of thioether (sulfide) groups is 1. The second kappa shape index (κ2) is 6.14. The van der Waals surface area contributed by atoms with Gasteiger partial charge in [-0.1, -0.05) is 0 Å². The van der Waals surface area contributed by atoms with Crippen LogP contribution in [0.1, 0.15) is 26.2 Å². The van der Waals surface area contributed by atoms with Gasteiger partial charge in [0.05, 0.1) is 6.04 Å². The lowest BCUT2D eigenvalue weighted by atomic mass is 10.3. The first-order valence-corrected chi connectivity index (χ1v) is 6.45. The molecule has 0 amide bonds. The van der Waals surface area contributed by atoms with Crippen LogP contribution in [0, 0.1) is 0 Å². The van der Waals surface area contributed by atoms with Crippen molar-refractivity contribution in [2.75, 3.05) is 12.0 Å². The lowest BCUT2D eigenvalue weighted by Crippen LogP contribution is -2.45. The standard InChI is InChI=1S/C9H20N4S/c1-7(5-6-14-2)11-9(13-10)12-8-3-4-8/h7-8H,3-6,10H2,1-2H3,(H2,11,12,13). The number of hydrogen-bond donors (Lipinski definition) is 3. The van der Waals surface area contributed by atoms with Crippen LogP contribution in [0.5, 0.6) is 0 Å². The second-order valence-corrected chi connectivity index (χ2v) is 4.67. The van der Waals surface area contributed by atoms with Crippen molar-refractivity contribution in [1.29, 1.82) is 0 Å². The van der Waals surface area contributed by atoms with E-state index in [9.17, 15) is 0 Å². The van der Waals surface area contributed by atoms with Crippen molar-refractivity contribution in [1.82, 2.24) is 10.7 Å². The molecule has 0 spiro atoms. The Hall–Kier alpha value is -0.420. The molecular formula is C9H20N4S. The third-order valence-electron chi connectivity index (χ3n) is 2.13. The second-order valence-electron chi connectivity index (χ2n) is 3.68. The van der Waals surface area contributed by atoms with Crippen LogP contribution in [0.25, 0.3) is 0 Å². The number of hydrogen-bond acceptors (Lipinski definition) is 3.